The molecule has 0 amide bonds. The van der Waals surface area contributed by atoms with Crippen molar-refractivity contribution in [3.8, 4) is 11.5 Å². The van der Waals surface area contributed by atoms with Crippen molar-refractivity contribution in [3.63, 3.8) is 0 Å². The Hall–Kier alpha value is -2.28. The van der Waals surface area contributed by atoms with Crippen molar-refractivity contribution in [2.45, 2.75) is 13.5 Å². The summed E-state index contributed by atoms with van der Waals surface area (Å²) in [6.45, 7) is 3.24. The molecule has 18 heavy (non-hydrogen) atoms. The van der Waals surface area contributed by atoms with Crippen LogP contribution in [0.15, 0.2) is 24.7 Å². The lowest BCUT2D eigenvalue weighted by molar-refractivity contribution is 0.708. The molecule has 3 heterocycles. The van der Waals surface area contributed by atoms with Crippen molar-refractivity contribution in [2.24, 2.45) is 5.73 Å². The highest BCUT2D eigenvalue weighted by Crippen LogP contribution is 2.15. The van der Waals surface area contributed by atoms with Crippen LogP contribution in [0.3, 0.4) is 0 Å². The van der Waals surface area contributed by atoms with Gasteiger partial charge in [-0.2, -0.15) is 9.61 Å². The van der Waals surface area contributed by atoms with Crippen LogP contribution in [0.1, 0.15) is 5.69 Å². The van der Waals surface area contributed by atoms with Crippen molar-refractivity contribution >= 4 is 5.65 Å². The fourth-order valence-corrected chi connectivity index (χ4v) is 1.79. The highest BCUT2D eigenvalue weighted by molar-refractivity contribution is 5.53. The maximum absolute atomic E-state index is 5.50. The fraction of sp³-hybridized carbons (Fsp3) is 0.273. The molecule has 0 fully saturated rings. The summed E-state index contributed by atoms with van der Waals surface area (Å²) >= 11 is 0. The van der Waals surface area contributed by atoms with Gasteiger partial charge in [-0.15, -0.1) is 10.2 Å². The van der Waals surface area contributed by atoms with Gasteiger partial charge in [0.2, 0.25) is 5.82 Å². The number of nitrogens with zero attached hydrogens (tertiary/aromatic N) is 6. The summed E-state index contributed by atoms with van der Waals surface area (Å²) in [4.78, 5) is 4.30. The number of fused-ring (bicyclic) bond motifs is 1. The summed E-state index contributed by atoms with van der Waals surface area (Å²) in [5.41, 5.74) is 7.87. The monoisotopic (exact) mass is 243 g/mol. The molecular formula is C11H13N7. The van der Waals surface area contributed by atoms with Gasteiger partial charge in [-0.1, -0.05) is 0 Å². The number of aromatic nitrogens is 6. The Balaban J connectivity index is 2.09. The number of imidazole rings is 1. The molecule has 0 spiro atoms. The number of aryl methyl sites for hydroxylation is 1. The second-order valence-electron chi connectivity index (χ2n) is 4.05. The van der Waals surface area contributed by atoms with Crippen LogP contribution in [-0.2, 0) is 6.54 Å². The molecular weight excluding hydrogens is 230 g/mol. The zero-order valence-electron chi connectivity index (χ0n) is 9.98. The Morgan fingerprint density at radius 3 is 3.00 bits per heavy atom. The van der Waals surface area contributed by atoms with E-state index < -0.39 is 0 Å². The predicted octanol–water partition coefficient (Wildman–Crippen LogP) is 0.255. The van der Waals surface area contributed by atoms with Gasteiger partial charge in [0.15, 0.2) is 5.65 Å². The average molecular weight is 243 g/mol. The fourth-order valence-electron chi connectivity index (χ4n) is 1.79. The Kier molecular flexibility index (Phi) is 2.52. The predicted molar refractivity (Wildman–Crippen MR) is 65.8 cm³/mol. The van der Waals surface area contributed by atoms with Gasteiger partial charge in [-0.05, 0) is 19.1 Å². The van der Waals surface area contributed by atoms with E-state index in [2.05, 4.69) is 20.3 Å². The maximum Gasteiger partial charge on any atom is 0.205 e. The van der Waals surface area contributed by atoms with E-state index in [1.165, 1.54) is 0 Å². The number of rotatable bonds is 3. The molecule has 0 aliphatic heterocycles. The van der Waals surface area contributed by atoms with E-state index in [9.17, 15) is 0 Å². The van der Waals surface area contributed by atoms with Crippen LogP contribution < -0.4 is 5.73 Å². The quantitative estimate of drug-likeness (QED) is 0.712. The molecule has 0 atom stereocenters. The van der Waals surface area contributed by atoms with Gasteiger partial charge in [0, 0.05) is 19.3 Å². The second-order valence-corrected chi connectivity index (χ2v) is 4.05. The lowest BCUT2D eigenvalue weighted by atomic mass is 10.4. The molecule has 0 aliphatic carbocycles. The molecule has 92 valence electrons. The van der Waals surface area contributed by atoms with Crippen LogP contribution in [0.4, 0.5) is 0 Å². The lowest BCUT2D eigenvalue weighted by Gasteiger charge is -1.97. The summed E-state index contributed by atoms with van der Waals surface area (Å²) in [5, 5.41) is 12.6. The Bertz CT molecular complexity index is 682. The van der Waals surface area contributed by atoms with Gasteiger partial charge < -0.3 is 10.3 Å². The third-order valence-corrected chi connectivity index (χ3v) is 2.65. The van der Waals surface area contributed by atoms with Gasteiger partial charge >= 0.3 is 0 Å². The first kappa shape index (κ1) is 10.8. The second kappa shape index (κ2) is 4.19. The molecule has 2 N–H and O–H groups in total. The summed E-state index contributed by atoms with van der Waals surface area (Å²) in [7, 11) is 0. The molecule has 0 aliphatic rings. The molecule has 0 radical (unpaired) electrons. The molecule has 3 aromatic rings. The molecule has 7 nitrogen and oxygen atoms in total. The minimum absolute atomic E-state index is 0.577. The largest absolute Gasteiger partial charge is 0.335 e. The molecule has 0 saturated heterocycles. The van der Waals surface area contributed by atoms with Gasteiger partial charge in [0.05, 0.1) is 12.0 Å². The molecule has 3 rings (SSSR count). The maximum atomic E-state index is 5.50. The topological polar surface area (TPSA) is 86.9 Å². The average Bonchev–Trinajstić information content (AvgIpc) is 2.95. The van der Waals surface area contributed by atoms with E-state index in [0.29, 0.717) is 18.0 Å². The van der Waals surface area contributed by atoms with Crippen LogP contribution in [0.2, 0.25) is 0 Å². The van der Waals surface area contributed by atoms with E-state index in [4.69, 9.17) is 5.73 Å². The minimum Gasteiger partial charge on any atom is -0.335 e. The zero-order valence-corrected chi connectivity index (χ0v) is 9.98. The molecule has 0 bridgehead atoms. The van der Waals surface area contributed by atoms with E-state index in [1.54, 1.807) is 10.8 Å². The van der Waals surface area contributed by atoms with E-state index >= 15 is 0 Å². The van der Waals surface area contributed by atoms with Crippen LogP contribution in [0.25, 0.3) is 17.2 Å². The minimum atomic E-state index is 0.577. The summed E-state index contributed by atoms with van der Waals surface area (Å²) < 4.78 is 3.62. The Labute approximate surface area is 103 Å². The normalized spacial score (nSPS) is 11.2. The standard InChI is InChI=1S/C11H13N7/c1-8-2-3-10-14-15-11(18(10)16-8)9-6-17(5-4-12)7-13-9/h2-3,6-7H,4-5,12H2,1H3. The molecule has 7 heteroatoms. The van der Waals surface area contributed by atoms with Crippen molar-refractivity contribution < 1.29 is 0 Å². The lowest BCUT2D eigenvalue weighted by Crippen LogP contribution is -2.07. The van der Waals surface area contributed by atoms with E-state index in [1.807, 2.05) is 29.8 Å². The Morgan fingerprint density at radius 2 is 2.17 bits per heavy atom. The van der Waals surface area contributed by atoms with Crippen LogP contribution in [0, 0.1) is 6.92 Å². The van der Waals surface area contributed by atoms with Crippen LogP contribution in [0.5, 0.6) is 0 Å². The van der Waals surface area contributed by atoms with Crippen molar-refractivity contribution in [1.82, 2.24) is 29.4 Å². The third kappa shape index (κ3) is 1.74. The van der Waals surface area contributed by atoms with Gasteiger partial charge in [-0.25, -0.2) is 4.98 Å². The number of hydrogen-bond acceptors (Lipinski definition) is 5. The molecule has 0 saturated carbocycles. The molecule has 0 aromatic carbocycles. The van der Waals surface area contributed by atoms with Crippen LogP contribution >= 0.6 is 0 Å². The Morgan fingerprint density at radius 1 is 1.28 bits per heavy atom. The summed E-state index contributed by atoms with van der Waals surface area (Å²) in [6, 6.07) is 3.79. The van der Waals surface area contributed by atoms with E-state index in [-0.39, 0.29) is 0 Å². The zero-order chi connectivity index (χ0) is 12.5. The van der Waals surface area contributed by atoms with Gasteiger partial charge in [0.1, 0.15) is 5.69 Å². The smallest absolute Gasteiger partial charge is 0.205 e. The first-order chi connectivity index (χ1) is 8.78. The number of nitrogens with two attached hydrogens (primary N) is 1. The van der Waals surface area contributed by atoms with Crippen molar-refractivity contribution in [3.05, 3.63) is 30.4 Å². The van der Waals surface area contributed by atoms with Gasteiger partial charge in [-0.3, -0.25) is 0 Å². The van der Waals surface area contributed by atoms with E-state index in [0.717, 1.165) is 17.9 Å². The van der Waals surface area contributed by atoms with Crippen molar-refractivity contribution in [2.75, 3.05) is 6.54 Å². The first-order valence-corrected chi connectivity index (χ1v) is 5.69. The first-order valence-electron chi connectivity index (χ1n) is 5.69. The highest BCUT2D eigenvalue weighted by Gasteiger charge is 2.11. The van der Waals surface area contributed by atoms with Gasteiger partial charge in [0.25, 0.3) is 0 Å². The molecule has 0 unspecified atom stereocenters. The molecule has 3 aromatic heterocycles. The summed E-state index contributed by atoms with van der Waals surface area (Å²) in [6.07, 6.45) is 3.63. The SMILES string of the molecule is Cc1ccc2nnc(-c3cn(CCN)cn3)n2n1. The summed E-state index contributed by atoms with van der Waals surface area (Å²) in [5.74, 6) is 0.643. The third-order valence-electron chi connectivity index (χ3n) is 2.65. The number of hydrogen-bond donors (Lipinski definition) is 1. The highest BCUT2D eigenvalue weighted by atomic mass is 15.4. The van der Waals surface area contributed by atoms with Crippen LogP contribution in [-0.4, -0.2) is 35.9 Å². The van der Waals surface area contributed by atoms with Crippen molar-refractivity contribution in [1.29, 1.82) is 0 Å².